The van der Waals surface area contributed by atoms with Crippen molar-refractivity contribution in [2.45, 2.75) is 33.7 Å². The molecule has 0 saturated heterocycles. The molecular weight excluding hydrogens is 290 g/mol. The van der Waals surface area contributed by atoms with Gasteiger partial charge in [0.05, 0.1) is 12.1 Å². The number of rotatable bonds is 4. The number of aromatic nitrogens is 3. The van der Waals surface area contributed by atoms with Gasteiger partial charge in [-0.25, -0.2) is 9.97 Å². The number of benzene rings is 1. The topological polar surface area (TPSA) is 87.9 Å². The number of hydrogen-bond donors (Lipinski definition) is 2. The van der Waals surface area contributed by atoms with E-state index >= 15 is 0 Å². The third-order valence-corrected chi connectivity index (χ3v) is 4.14. The van der Waals surface area contributed by atoms with Gasteiger partial charge in [0.2, 0.25) is 5.91 Å². The summed E-state index contributed by atoms with van der Waals surface area (Å²) in [5, 5.41) is 0.972. The summed E-state index contributed by atoms with van der Waals surface area (Å²) in [5.74, 6) is 1.18. The zero-order chi connectivity index (χ0) is 16.6. The Balaban J connectivity index is 2.13. The van der Waals surface area contributed by atoms with Crippen molar-refractivity contribution in [3.05, 3.63) is 29.6 Å². The van der Waals surface area contributed by atoms with E-state index in [1.807, 2.05) is 19.1 Å². The molecule has 0 unspecified atom stereocenters. The Kier molecular flexibility index (Phi) is 3.90. The van der Waals surface area contributed by atoms with Gasteiger partial charge < -0.3 is 15.6 Å². The summed E-state index contributed by atoms with van der Waals surface area (Å²) >= 11 is 0. The largest absolute Gasteiger partial charge is 0.382 e. The Morgan fingerprint density at radius 1 is 1.30 bits per heavy atom. The normalized spacial score (nSPS) is 11.3. The maximum Gasteiger partial charge on any atom is 0.219 e. The van der Waals surface area contributed by atoms with Crippen molar-refractivity contribution in [1.82, 2.24) is 19.9 Å². The van der Waals surface area contributed by atoms with Gasteiger partial charge in [-0.15, -0.1) is 0 Å². The van der Waals surface area contributed by atoms with E-state index < -0.39 is 0 Å². The van der Waals surface area contributed by atoms with Crippen molar-refractivity contribution >= 4 is 33.7 Å². The van der Waals surface area contributed by atoms with Crippen molar-refractivity contribution in [1.29, 1.82) is 0 Å². The van der Waals surface area contributed by atoms with E-state index in [0.29, 0.717) is 18.9 Å². The number of nitrogens with zero attached hydrogens (tertiary/aromatic N) is 3. The number of aryl methyl sites for hydroxylation is 1. The number of imidazole rings is 1. The van der Waals surface area contributed by atoms with Crippen LogP contribution < -0.4 is 5.73 Å². The maximum atomic E-state index is 11.6. The summed E-state index contributed by atoms with van der Waals surface area (Å²) < 4.78 is 0. The standard InChI is InChI=1S/C17H21N5O/c1-4-11-6-7-12-13(8-11)19-17(18)16-15(12)20-14(21-16)9-22(5-2)10(3)23/h6-8H,4-5,9H2,1-3H3,(H2,18,19)(H,20,21). The zero-order valence-electron chi connectivity index (χ0n) is 13.7. The number of anilines is 1. The first-order valence-corrected chi connectivity index (χ1v) is 7.85. The lowest BCUT2D eigenvalue weighted by Crippen LogP contribution is -2.28. The van der Waals surface area contributed by atoms with Crippen LogP contribution in [-0.2, 0) is 17.8 Å². The molecule has 0 spiro atoms. The molecule has 6 heteroatoms. The van der Waals surface area contributed by atoms with Gasteiger partial charge in [-0.2, -0.15) is 0 Å². The van der Waals surface area contributed by atoms with Crippen LogP contribution in [0, 0.1) is 0 Å². The molecule has 2 aromatic heterocycles. The average molecular weight is 311 g/mol. The van der Waals surface area contributed by atoms with Crippen molar-refractivity contribution in [3.8, 4) is 0 Å². The number of hydrogen-bond acceptors (Lipinski definition) is 4. The molecule has 0 radical (unpaired) electrons. The van der Waals surface area contributed by atoms with Gasteiger partial charge in [0.15, 0.2) is 0 Å². The van der Waals surface area contributed by atoms with E-state index in [-0.39, 0.29) is 5.91 Å². The number of carbonyl (C=O) groups is 1. The molecule has 0 bridgehead atoms. The Morgan fingerprint density at radius 2 is 2.09 bits per heavy atom. The molecule has 3 aromatic rings. The number of nitrogens with one attached hydrogen (secondary N) is 1. The molecule has 1 aromatic carbocycles. The molecule has 23 heavy (non-hydrogen) atoms. The molecule has 6 nitrogen and oxygen atoms in total. The van der Waals surface area contributed by atoms with E-state index in [2.05, 4.69) is 27.9 Å². The number of aromatic amines is 1. The highest BCUT2D eigenvalue weighted by atomic mass is 16.2. The molecule has 0 aliphatic rings. The van der Waals surface area contributed by atoms with Gasteiger partial charge in [0.25, 0.3) is 0 Å². The van der Waals surface area contributed by atoms with Crippen LogP contribution >= 0.6 is 0 Å². The summed E-state index contributed by atoms with van der Waals surface area (Å²) in [6.07, 6.45) is 0.950. The second-order valence-corrected chi connectivity index (χ2v) is 5.64. The summed E-state index contributed by atoms with van der Waals surface area (Å²) in [6, 6.07) is 6.17. The second kappa shape index (κ2) is 5.87. The molecule has 1 amide bonds. The monoisotopic (exact) mass is 311 g/mol. The summed E-state index contributed by atoms with van der Waals surface area (Å²) in [7, 11) is 0. The molecule has 2 heterocycles. The quantitative estimate of drug-likeness (QED) is 0.775. The smallest absolute Gasteiger partial charge is 0.219 e. The van der Waals surface area contributed by atoms with Crippen LogP contribution in [0.3, 0.4) is 0 Å². The Bertz CT molecular complexity index is 883. The van der Waals surface area contributed by atoms with Crippen molar-refractivity contribution in [3.63, 3.8) is 0 Å². The molecule has 3 rings (SSSR count). The zero-order valence-corrected chi connectivity index (χ0v) is 13.7. The lowest BCUT2D eigenvalue weighted by molar-refractivity contribution is -0.129. The van der Waals surface area contributed by atoms with Crippen LogP contribution in [0.15, 0.2) is 18.2 Å². The summed E-state index contributed by atoms with van der Waals surface area (Å²) in [4.78, 5) is 25.7. The van der Waals surface area contributed by atoms with E-state index in [4.69, 9.17) is 5.73 Å². The maximum absolute atomic E-state index is 11.6. The van der Waals surface area contributed by atoms with Crippen molar-refractivity contribution < 1.29 is 4.79 Å². The van der Waals surface area contributed by atoms with Crippen LogP contribution in [0.2, 0.25) is 0 Å². The molecule has 0 atom stereocenters. The Hall–Kier alpha value is -2.63. The number of fused-ring (bicyclic) bond motifs is 3. The minimum absolute atomic E-state index is 0.0245. The number of nitrogen functional groups attached to an aromatic ring is 1. The van der Waals surface area contributed by atoms with Crippen LogP contribution in [0.1, 0.15) is 32.2 Å². The van der Waals surface area contributed by atoms with Gasteiger partial charge in [-0.05, 0) is 25.0 Å². The first-order chi connectivity index (χ1) is 11.0. The fraction of sp³-hybridized carbons (Fsp3) is 0.353. The Morgan fingerprint density at radius 3 is 2.74 bits per heavy atom. The number of pyridine rings is 1. The van der Waals surface area contributed by atoms with E-state index in [9.17, 15) is 4.79 Å². The lowest BCUT2D eigenvalue weighted by atomic mass is 10.1. The van der Waals surface area contributed by atoms with Gasteiger partial charge in [-0.1, -0.05) is 19.1 Å². The predicted octanol–water partition coefficient (Wildman–Crippen LogP) is 2.62. The Labute approximate surface area is 134 Å². The lowest BCUT2D eigenvalue weighted by Gasteiger charge is -2.16. The molecule has 3 N–H and O–H groups in total. The first kappa shape index (κ1) is 15.3. The molecular formula is C17H21N5O. The SMILES string of the molecule is CCc1ccc2c(c1)nc(N)c1[nH]c(CN(CC)C(C)=O)nc12. The predicted molar refractivity (Wildman–Crippen MR) is 92.0 cm³/mol. The van der Waals surface area contributed by atoms with Crippen molar-refractivity contribution in [2.75, 3.05) is 12.3 Å². The number of amides is 1. The van der Waals surface area contributed by atoms with Gasteiger partial charge >= 0.3 is 0 Å². The van der Waals surface area contributed by atoms with Gasteiger partial charge in [0.1, 0.15) is 22.7 Å². The van der Waals surface area contributed by atoms with Crippen LogP contribution in [0.5, 0.6) is 0 Å². The highest BCUT2D eigenvalue weighted by Crippen LogP contribution is 2.27. The molecule has 120 valence electrons. The van der Waals surface area contributed by atoms with Crippen molar-refractivity contribution in [2.24, 2.45) is 0 Å². The molecule has 0 aliphatic heterocycles. The molecule has 0 saturated carbocycles. The van der Waals surface area contributed by atoms with E-state index in [1.165, 1.54) is 5.56 Å². The highest BCUT2D eigenvalue weighted by Gasteiger charge is 2.14. The van der Waals surface area contributed by atoms with Gasteiger partial charge in [-0.3, -0.25) is 4.79 Å². The summed E-state index contributed by atoms with van der Waals surface area (Å²) in [5.41, 5.74) is 9.70. The van der Waals surface area contributed by atoms with Crippen LogP contribution in [0.25, 0.3) is 21.9 Å². The average Bonchev–Trinajstić information content (AvgIpc) is 2.96. The summed E-state index contributed by atoms with van der Waals surface area (Å²) in [6.45, 7) is 6.69. The van der Waals surface area contributed by atoms with Crippen LogP contribution in [0.4, 0.5) is 5.82 Å². The highest BCUT2D eigenvalue weighted by molar-refractivity contribution is 6.06. The fourth-order valence-electron chi connectivity index (χ4n) is 2.78. The number of H-pyrrole nitrogens is 1. The van der Waals surface area contributed by atoms with E-state index in [0.717, 1.165) is 34.2 Å². The van der Waals surface area contributed by atoms with E-state index in [1.54, 1.807) is 11.8 Å². The van der Waals surface area contributed by atoms with Crippen LogP contribution in [-0.4, -0.2) is 32.3 Å². The van der Waals surface area contributed by atoms with Gasteiger partial charge in [0, 0.05) is 18.9 Å². The fourth-order valence-corrected chi connectivity index (χ4v) is 2.78. The third-order valence-electron chi connectivity index (χ3n) is 4.14. The third kappa shape index (κ3) is 2.72. The first-order valence-electron chi connectivity index (χ1n) is 7.85. The molecule has 0 fully saturated rings. The minimum Gasteiger partial charge on any atom is -0.382 e. The second-order valence-electron chi connectivity index (χ2n) is 5.64. The minimum atomic E-state index is 0.0245. The number of carbonyl (C=O) groups excluding carboxylic acids is 1. The number of nitrogens with two attached hydrogens (primary N) is 1. The molecule has 0 aliphatic carbocycles.